The lowest BCUT2D eigenvalue weighted by Crippen LogP contribution is -2.21. The molecule has 1 rings (SSSR count). The molecule has 6 N–H and O–H groups in total. The number of hydrogen-bond acceptors (Lipinski definition) is 2. The first-order chi connectivity index (χ1) is 7.08. The van der Waals surface area contributed by atoms with Gasteiger partial charge < -0.3 is 17.2 Å². The number of hydrogen-bond donors (Lipinski definition) is 3. The highest BCUT2D eigenvalue weighted by atomic mass is 16.1. The van der Waals surface area contributed by atoms with Gasteiger partial charge in [0, 0.05) is 6.08 Å². The van der Waals surface area contributed by atoms with Crippen molar-refractivity contribution in [1.82, 2.24) is 0 Å². The standard InChI is InChI=1S/C10H12N4O/c11-9(15)6-3-7-1-4-8(5-2-7)14-10(12)13/h1-6H,(H2,11,15)(H4,12,13,14). The van der Waals surface area contributed by atoms with E-state index in [1.165, 1.54) is 6.08 Å². The molecule has 78 valence electrons. The number of carbonyl (C=O) groups is 1. The Hall–Kier alpha value is -2.30. The number of amides is 1. The van der Waals surface area contributed by atoms with Gasteiger partial charge in [-0.2, -0.15) is 0 Å². The average molecular weight is 204 g/mol. The molecule has 0 bridgehead atoms. The van der Waals surface area contributed by atoms with Gasteiger partial charge in [0.2, 0.25) is 5.91 Å². The van der Waals surface area contributed by atoms with Gasteiger partial charge in [-0.05, 0) is 23.8 Å². The Labute approximate surface area is 87.3 Å². The average Bonchev–Trinajstić information content (AvgIpc) is 2.16. The predicted octanol–water partition coefficient (Wildman–Crippen LogP) is 0.0900. The van der Waals surface area contributed by atoms with Crippen LogP contribution in [0.15, 0.2) is 35.3 Å². The maximum absolute atomic E-state index is 10.5. The lowest BCUT2D eigenvalue weighted by molar-refractivity contribution is -0.113. The molecule has 0 unspecified atom stereocenters. The first-order valence-electron chi connectivity index (χ1n) is 4.25. The molecule has 0 radical (unpaired) electrons. The van der Waals surface area contributed by atoms with Crippen molar-refractivity contribution in [2.75, 3.05) is 0 Å². The summed E-state index contributed by atoms with van der Waals surface area (Å²) < 4.78 is 0. The van der Waals surface area contributed by atoms with Gasteiger partial charge in [0.1, 0.15) is 0 Å². The zero-order valence-electron chi connectivity index (χ0n) is 8.05. The highest BCUT2D eigenvalue weighted by Crippen LogP contribution is 2.13. The van der Waals surface area contributed by atoms with E-state index >= 15 is 0 Å². The summed E-state index contributed by atoms with van der Waals surface area (Å²) >= 11 is 0. The molecule has 0 fully saturated rings. The molecule has 0 saturated carbocycles. The highest BCUT2D eigenvalue weighted by Gasteiger charge is 1.91. The normalized spacial score (nSPS) is 10.1. The molecule has 1 aromatic carbocycles. The summed E-state index contributed by atoms with van der Waals surface area (Å²) in [4.78, 5) is 14.3. The van der Waals surface area contributed by atoms with Crippen molar-refractivity contribution in [3.05, 3.63) is 35.9 Å². The molecule has 5 heteroatoms. The van der Waals surface area contributed by atoms with Crippen molar-refractivity contribution in [3.8, 4) is 0 Å². The van der Waals surface area contributed by atoms with Gasteiger partial charge in [-0.3, -0.25) is 4.79 Å². The molecule has 0 heterocycles. The van der Waals surface area contributed by atoms with E-state index in [1.54, 1.807) is 30.3 Å². The van der Waals surface area contributed by atoms with Crippen LogP contribution in [0.4, 0.5) is 5.69 Å². The van der Waals surface area contributed by atoms with E-state index in [1.807, 2.05) is 0 Å². The van der Waals surface area contributed by atoms with Crippen LogP contribution in [-0.4, -0.2) is 11.9 Å². The minimum atomic E-state index is -0.483. The predicted molar refractivity (Wildman–Crippen MR) is 60.1 cm³/mol. The van der Waals surface area contributed by atoms with E-state index in [9.17, 15) is 4.79 Å². The van der Waals surface area contributed by atoms with E-state index in [0.29, 0.717) is 5.69 Å². The first kappa shape index (κ1) is 10.8. The Kier molecular flexibility index (Phi) is 3.45. The van der Waals surface area contributed by atoms with Gasteiger partial charge in [-0.1, -0.05) is 12.1 Å². The molecule has 1 aromatic rings. The summed E-state index contributed by atoms with van der Waals surface area (Å²) in [5.74, 6) is -0.473. The maximum Gasteiger partial charge on any atom is 0.241 e. The number of carbonyl (C=O) groups excluding carboxylic acids is 1. The molecular weight excluding hydrogens is 192 g/mol. The summed E-state index contributed by atoms with van der Waals surface area (Å²) in [6.45, 7) is 0. The van der Waals surface area contributed by atoms with Crippen LogP contribution in [0.2, 0.25) is 0 Å². The van der Waals surface area contributed by atoms with Gasteiger partial charge >= 0.3 is 0 Å². The summed E-state index contributed by atoms with van der Waals surface area (Å²) in [6.07, 6.45) is 2.90. The smallest absolute Gasteiger partial charge is 0.241 e. The number of aliphatic imine (C=N–C) groups is 1. The van der Waals surface area contributed by atoms with Crippen LogP contribution in [0.5, 0.6) is 0 Å². The maximum atomic E-state index is 10.5. The van der Waals surface area contributed by atoms with Crippen LogP contribution in [0.25, 0.3) is 6.08 Å². The van der Waals surface area contributed by atoms with Crippen molar-refractivity contribution in [3.63, 3.8) is 0 Å². The molecule has 0 aliphatic heterocycles. The quantitative estimate of drug-likeness (QED) is 0.369. The second-order valence-corrected chi connectivity index (χ2v) is 2.86. The van der Waals surface area contributed by atoms with E-state index in [-0.39, 0.29) is 5.96 Å². The summed E-state index contributed by atoms with van der Waals surface area (Å²) in [7, 11) is 0. The molecule has 0 saturated heterocycles. The van der Waals surface area contributed by atoms with E-state index in [2.05, 4.69) is 4.99 Å². The van der Waals surface area contributed by atoms with Gasteiger partial charge in [0.25, 0.3) is 0 Å². The Morgan fingerprint density at radius 2 is 1.73 bits per heavy atom. The van der Waals surface area contributed by atoms with Gasteiger partial charge in [-0.15, -0.1) is 0 Å². The Bertz CT molecular complexity index is 402. The number of nitrogens with zero attached hydrogens (tertiary/aromatic N) is 1. The Morgan fingerprint density at radius 3 is 2.20 bits per heavy atom. The topological polar surface area (TPSA) is 107 Å². The van der Waals surface area contributed by atoms with Crippen molar-refractivity contribution < 1.29 is 4.79 Å². The molecule has 0 aliphatic carbocycles. The second kappa shape index (κ2) is 4.80. The number of rotatable bonds is 3. The molecule has 0 aliphatic rings. The van der Waals surface area contributed by atoms with Crippen LogP contribution in [0.1, 0.15) is 5.56 Å². The largest absolute Gasteiger partial charge is 0.370 e. The number of nitrogens with two attached hydrogens (primary N) is 3. The molecule has 5 nitrogen and oxygen atoms in total. The number of guanidine groups is 1. The SMILES string of the molecule is NC(=O)C=Cc1ccc(N=C(N)N)cc1. The fourth-order valence-electron chi connectivity index (χ4n) is 0.987. The van der Waals surface area contributed by atoms with Crippen LogP contribution in [0.3, 0.4) is 0 Å². The Balaban J connectivity index is 2.81. The highest BCUT2D eigenvalue weighted by molar-refractivity contribution is 5.90. The molecule has 0 aromatic heterocycles. The third kappa shape index (κ3) is 3.95. The summed E-state index contributed by atoms with van der Waals surface area (Å²) in [5, 5.41) is 0. The lowest BCUT2D eigenvalue weighted by atomic mass is 10.2. The number of primary amides is 1. The number of benzene rings is 1. The third-order valence-corrected chi connectivity index (χ3v) is 1.59. The lowest BCUT2D eigenvalue weighted by Gasteiger charge is -1.96. The molecule has 0 atom stereocenters. The zero-order chi connectivity index (χ0) is 11.3. The summed E-state index contributed by atoms with van der Waals surface area (Å²) in [5.41, 5.74) is 16.9. The van der Waals surface area contributed by atoms with Gasteiger partial charge in [0.05, 0.1) is 5.69 Å². The van der Waals surface area contributed by atoms with Crippen molar-refractivity contribution in [2.24, 2.45) is 22.2 Å². The monoisotopic (exact) mass is 204 g/mol. The fraction of sp³-hybridized carbons (Fsp3) is 0. The van der Waals surface area contributed by atoms with Crippen molar-refractivity contribution in [2.45, 2.75) is 0 Å². The van der Waals surface area contributed by atoms with E-state index < -0.39 is 5.91 Å². The van der Waals surface area contributed by atoms with Crippen LogP contribution < -0.4 is 17.2 Å². The minimum absolute atomic E-state index is 0.00966. The van der Waals surface area contributed by atoms with Gasteiger partial charge in [0.15, 0.2) is 5.96 Å². The van der Waals surface area contributed by atoms with Crippen LogP contribution >= 0.6 is 0 Å². The third-order valence-electron chi connectivity index (χ3n) is 1.59. The minimum Gasteiger partial charge on any atom is -0.370 e. The fourth-order valence-corrected chi connectivity index (χ4v) is 0.987. The first-order valence-corrected chi connectivity index (χ1v) is 4.25. The molecule has 1 amide bonds. The van der Waals surface area contributed by atoms with Crippen LogP contribution in [-0.2, 0) is 4.79 Å². The van der Waals surface area contributed by atoms with Crippen molar-refractivity contribution in [1.29, 1.82) is 0 Å². The van der Waals surface area contributed by atoms with E-state index in [4.69, 9.17) is 17.2 Å². The summed E-state index contributed by atoms with van der Waals surface area (Å²) in [6, 6.07) is 7.03. The molecular formula is C10H12N4O. The Morgan fingerprint density at radius 1 is 1.13 bits per heavy atom. The van der Waals surface area contributed by atoms with Crippen LogP contribution in [0, 0.1) is 0 Å². The second-order valence-electron chi connectivity index (χ2n) is 2.86. The van der Waals surface area contributed by atoms with Crippen molar-refractivity contribution >= 4 is 23.6 Å². The molecule has 15 heavy (non-hydrogen) atoms. The van der Waals surface area contributed by atoms with Gasteiger partial charge in [-0.25, -0.2) is 4.99 Å². The molecule has 0 spiro atoms. The zero-order valence-corrected chi connectivity index (χ0v) is 8.05. The van der Waals surface area contributed by atoms with E-state index in [0.717, 1.165) is 5.56 Å².